The maximum absolute atomic E-state index is 11.1. The summed E-state index contributed by atoms with van der Waals surface area (Å²) in [5.74, 6) is -0.410. The van der Waals surface area contributed by atoms with Crippen LogP contribution < -0.4 is 0 Å². The molecule has 0 bridgehead atoms. The van der Waals surface area contributed by atoms with Crippen LogP contribution in [0.15, 0.2) is 0 Å². The van der Waals surface area contributed by atoms with Gasteiger partial charge in [0.2, 0.25) is 5.50 Å². The number of carbonyl (C=O) groups is 2. The minimum absolute atomic E-state index is 0.410. The van der Waals surface area contributed by atoms with Crippen LogP contribution in [0.5, 0.6) is 0 Å². The SMILES string of the molecule is C[N+]1(C)C(=O)C(Cl)N(Cl)C1=O. The summed E-state index contributed by atoms with van der Waals surface area (Å²) < 4.78 is 0.293. The Kier molecular flexibility index (Phi) is 1.86. The summed E-state index contributed by atoms with van der Waals surface area (Å²) in [7, 11) is 2.89. The number of quaternary nitrogens is 1. The largest absolute Gasteiger partial charge is 0.442 e. The third-order valence-corrected chi connectivity index (χ3v) is 2.44. The molecule has 62 valence electrons. The molecule has 0 spiro atoms. The maximum atomic E-state index is 11.1. The molecule has 3 amide bonds. The van der Waals surface area contributed by atoms with Crippen LogP contribution >= 0.6 is 23.4 Å². The Morgan fingerprint density at radius 2 is 1.91 bits per heavy atom. The molecule has 0 aromatic carbocycles. The number of alkyl halides is 1. The minimum Gasteiger partial charge on any atom is -0.226 e. The number of halogens is 2. The van der Waals surface area contributed by atoms with Gasteiger partial charge < -0.3 is 0 Å². The number of rotatable bonds is 0. The molecular weight excluding hydrogens is 191 g/mol. The highest BCUT2D eigenvalue weighted by Crippen LogP contribution is 2.25. The van der Waals surface area contributed by atoms with E-state index in [-0.39, 0.29) is 0 Å². The average Bonchev–Trinajstić information content (AvgIpc) is 2.06. The topological polar surface area (TPSA) is 37.4 Å². The predicted octanol–water partition coefficient (Wildman–Crippen LogP) is 0.744. The van der Waals surface area contributed by atoms with Crippen LogP contribution in [0.2, 0.25) is 0 Å². The quantitative estimate of drug-likeness (QED) is 0.189. The van der Waals surface area contributed by atoms with E-state index in [1.54, 1.807) is 0 Å². The Morgan fingerprint density at radius 3 is 2.00 bits per heavy atom. The lowest BCUT2D eigenvalue weighted by Gasteiger charge is -2.13. The Labute approximate surface area is 74.0 Å². The second-order valence-corrected chi connectivity index (χ2v) is 3.50. The first-order valence-corrected chi connectivity index (χ1v) is 3.68. The van der Waals surface area contributed by atoms with E-state index in [9.17, 15) is 9.59 Å². The van der Waals surface area contributed by atoms with Gasteiger partial charge >= 0.3 is 11.9 Å². The van der Waals surface area contributed by atoms with Crippen LogP contribution in [0.1, 0.15) is 0 Å². The smallest absolute Gasteiger partial charge is 0.226 e. The molecule has 1 unspecified atom stereocenters. The molecule has 4 nitrogen and oxygen atoms in total. The zero-order valence-electron chi connectivity index (χ0n) is 6.04. The maximum Gasteiger partial charge on any atom is 0.442 e. The van der Waals surface area contributed by atoms with Crippen LogP contribution in [-0.2, 0) is 4.79 Å². The molecule has 1 fully saturated rings. The Bertz CT molecular complexity index is 207. The van der Waals surface area contributed by atoms with Crippen molar-refractivity contribution < 1.29 is 14.1 Å². The van der Waals surface area contributed by atoms with Gasteiger partial charge in [0.15, 0.2) is 0 Å². The molecule has 0 aromatic heterocycles. The summed E-state index contributed by atoms with van der Waals surface area (Å²) in [6.07, 6.45) is 0. The van der Waals surface area contributed by atoms with Gasteiger partial charge in [-0.1, -0.05) is 11.6 Å². The van der Waals surface area contributed by atoms with Crippen molar-refractivity contribution in [3.05, 3.63) is 0 Å². The Morgan fingerprint density at radius 1 is 1.45 bits per heavy atom. The number of nitrogens with zero attached hydrogens (tertiary/aromatic N) is 2. The van der Waals surface area contributed by atoms with E-state index >= 15 is 0 Å². The minimum atomic E-state index is -1.04. The van der Waals surface area contributed by atoms with Crippen molar-refractivity contribution in [2.45, 2.75) is 5.50 Å². The summed E-state index contributed by atoms with van der Waals surface area (Å²) >= 11 is 10.9. The van der Waals surface area contributed by atoms with E-state index in [0.717, 1.165) is 0 Å². The van der Waals surface area contributed by atoms with Gasteiger partial charge in [-0.3, -0.25) is 0 Å². The van der Waals surface area contributed by atoms with Crippen LogP contribution in [0.3, 0.4) is 0 Å². The van der Waals surface area contributed by atoms with E-state index in [0.29, 0.717) is 4.42 Å². The molecule has 0 N–H and O–H groups in total. The average molecular weight is 198 g/mol. The zero-order chi connectivity index (χ0) is 8.81. The Hall–Kier alpha value is -0.320. The first-order chi connectivity index (χ1) is 4.89. The summed E-state index contributed by atoms with van der Waals surface area (Å²) in [5.41, 5.74) is -1.04. The van der Waals surface area contributed by atoms with Crippen molar-refractivity contribution in [2.24, 2.45) is 0 Å². The number of imide groups is 1. The third-order valence-electron chi connectivity index (χ3n) is 1.61. The van der Waals surface area contributed by atoms with Gasteiger partial charge in [0.25, 0.3) is 0 Å². The summed E-state index contributed by atoms with van der Waals surface area (Å²) in [6.45, 7) is 0. The van der Waals surface area contributed by atoms with Gasteiger partial charge in [-0.15, -0.1) is 0 Å². The van der Waals surface area contributed by atoms with E-state index in [2.05, 4.69) is 0 Å². The number of amides is 3. The van der Waals surface area contributed by atoms with Crippen molar-refractivity contribution in [3.63, 3.8) is 0 Å². The van der Waals surface area contributed by atoms with Gasteiger partial charge in [0.1, 0.15) is 0 Å². The predicted molar refractivity (Wildman–Crippen MR) is 39.8 cm³/mol. The van der Waals surface area contributed by atoms with Crippen LogP contribution in [-0.4, -0.2) is 40.4 Å². The van der Waals surface area contributed by atoms with Crippen molar-refractivity contribution in [1.29, 1.82) is 0 Å². The monoisotopic (exact) mass is 197 g/mol. The molecular formula is C5H7Cl2N2O2+. The molecule has 0 aromatic rings. The normalized spacial score (nSPS) is 29.8. The van der Waals surface area contributed by atoms with Crippen molar-refractivity contribution in [1.82, 2.24) is 4.42 Å². The Balaban J connectivity index is 3.06. The number of hydrogen-bond donors (Lipinski definition) is 0. The standard InChI is InChI=1S/C5H7Cl2N2O2/c1-9(2)4(10)3(6)8(7)5(9)11/h3H,1-2H3/q+1. The molecule has 1 atom stereocenters. The lowest BCUT2D eigenvalue weighted by molar-refractivity contribution is -0.723. The fraction of sp³-hybridized carbons (Fsp3) is 0.600. The van der Waals surface area contributed by atoms with Crippen LogP contribution in [0.25, 0.3) is 0 Å². The lowest BCUT2D eigenvalue weighted by Crippen LogP contribution is -2.45. The second-order valence-electron chi connectivity index (χ2n) is 2.72. The van der Waals surface area contributed by atoms with Gasteiger partial charge in [0.05, 0.1) is 14.1 Å². The van der Waals surface area contributed by atoms with Crippen molar-refractivity contribution in [3.8, 4) is 0 Å². The third kappa shape index (κ3) is 1.02. The van der Waals surface area contributed by atoms with E-state index in [1.165, 1.54) is 14.1 Å². The molecule has 1 saturated heterocycles. The summed E-state index contributed by atoms with van der Waals surface area (Å²) in [5, 5.41) is 0. The second kappa shape index (κ2) is 2.33. The van der Waals surface area contributed by atoms with Crippen LogP contribution in [0.4, 0.5) is 4.79 Å². The molecule has 1 heterocycles. The van der Waals surface area contributed by atoms with Gasteiger partial charge in [-0.05, 0) is 0 Å². The fourth-order valence-electron chi connectivity index (χ4n) is 0.793. The van der Waals surface area contributed by atoms with E-state index in [4.69, 9.17) is 23.4 Å². The molecule has 11 heavy (non-hydrogen) atoms. The highest BCUT2D eigenvalue weighted by atomic mass is 35.5. The number of likely N-dealkylation sites (N-methyl/N-ethyl adjacent to an activating group) is 1. The molecule has 1 aliphatic rings. The molecule has 1 rings (SSSR count). The lowest BCUT2D eigenvalue weighted by atomic mass is 10.5. The first kappa shape index (κ1) is 8.77. The molecule has 0 aliphatic carbocycles. The van der Waals surface area contributed by atoms with Gasteiger partial charge in [-0.2, -0.15) is 8.90 Å². The summed E-state index contributed by atoms with van der Waals surface area (Å²) in [4.78, 5) is 22.2. The molecule has 0 radical (unpaired) electrons. The molecule has 1 aliphatic heterocycles. The number of hydrogen-bond acceptors (Lipinski definition) is 2. The molecule has 6 heteroatoms. The molecule has 0 saturated carbocycles. The first-order valence-electron chi connectivity index (χ1n) is 2.91. The van der Waals surface area contributed by atoms with Crippen LogP contribution in [0, 0.1) is 0 Å². The van der Waals surface area contributed by atoms with Gasteiger partial charge in [0, 0.05) is 11.8 Å². The van der Waals surface area contributed by atoms with Crippen molar-refractivity contribution >= 4 is 35.3 Å². The number of carbonyl (C=O) groups excluding carboxylic acids is 2. The van der Waals surface area contributed by atoms with Crippen molar-refractivity contribution in [2.75, 3.05) is 14.1 Å². The zero-order valence-corrected chi connectivity index (χ0v) is 7.56. The highest BCUT2D eigenvalue weighted by Gasteiger charge is 2.55. The van der Waals surface area contributed by atoms with E-state index < -0.39 is 21.9 Å². The van der Waals surface area contributed by atoms with E-state index in [1.807, 2.05) is 0 Å². The van der Waals surface area contributed by atoms with Gasteiger partial charge in [-0.25, -0.2) is 9.59 Å². The highest BCUT2D eigenvalue weighted by molar-refractivity contribution is 6.38. The summed E-state index contributed by atoms with van der Waals surface area (Å²) in [6, 6.07) is -0.503. The number of urea groups is 1. The fourth-order valence-corrected chi connectivity index (χ4v) is 1.39.